The van der Waals surface area contributed by atoms with Gasteiger partial charge in [-0.05, 0) is 36.5 Å². The van der Waals surface area contributed by atoms with Gasteiger partial charge in [0.1, 0.15) is 0 Å². The number of methoxy groups -OCH3 is 2. The topological polar surface area (TPSA) is 64.1 Å². The Balaban J connectivity index is 1.71. The second kappa shape index (κ2) is 9.25. The van der Waals surface area contributed by atoms with Crippen LogP contribution in [0.15, 0.2) is 23.2 Å². The standard InChI is InChI=1S/C17H27N3O3/c1-18-17(19-8-9-23-12-13-4-5-13)20-11-14-6-7-15(21-2)16(10-14)22-3/h6-7,10,13H,4-5,8-9,11-12H2,1-3H3,(H2,18,19,20). The normalized spacial score (nSPS) is 14.5. The quantitative estimate of drug-likeness (QED) is 0.412. The van der Waals surface area contributed by atoms with Crippen molar-refractivity contribution < 1.29 is 14.2 Å². The molecule has 0 aliphatic heterocycles. The van der Waals surface area contributed by atoms with E-state index in [1.807, 2.05) is 18.2 Å². The lowest BCUT2D eigenvalue weighted by Crippen LogP contribution is -2.38. The van der Waals surface area contributed by atoms with Crippen LogP contribution in [0.25, 0.3) is 0 Å². The number of benzene rings is 1. The van der Waals surface area contributed by atoms with Crippen LogP contribution < -0.4 is 20.1 Å². The predicted octanol–water partition coefficient (Wildman–Crippen LogP) is 1.80. The van der Waals surface area contributed by atoms with Gasteiger partial charge in [0.2, 0.25) is 0 Å². The van der Waals surface area contributed by atoms with Crippen molar-refractivity contribution in [2.24, 2.45) is 10.9 Å². The smallest absolute Gasteiger partial charge is 0.191 e. The van der Waals surface area contributed by atoms with Crippen LogP contribution in [0.1, 0.15) is 18.4 Å². The molecule has 0 spiro atoms. The minimum absolute atomic E-state index is 0.656. The molecule has 1 aliphatic rings. The van der Waals surface area contributed by atoms with E-state index in [4.69, 9.17) is 14.2 Å². The van der Waals surface area contributed by atoms with Gasteiger partial charge in [-0.25, -0.2) is 0 Å². The molecule has 0 aromatic heterocycles. The SMILES string of the molecule is CN=C(NCCOCC1CC1)NCc1ccc(OC)c(OC)c1. The van der Waals surface area contributed by atoms with E-state index in [0.29, 0.717) is 13.2 Å². The molecule has 1 saturated carbocycles. The summed E-state index contributed by atoms with van der Waals surface area (Å²) in [6, 6.07) is 5.86. The third-order valence-corrected chi connectivity index (χ3v) is 3.72. The van der Waals surface area contributed by atoms with E-state index in [1.54, 1.807) is 21.3 Å². The van der Waals surface area contributed by atoms with Crippen LogP contribution in [0, 0.1) is 5.92 Å². The number of rotatable bonds is 9. The Bertz CT molecular complexity index is 516. The summed E-state index contributed by atoms with van der Waals surface area (Å²) in [5.74, 6) is 3.02. The molecule has 0 atom stereocenters. The Morgan fingerprint density at radius 3 is 2.61 bits per heavy atom. The molecule has 1 aromatic rings. The number of guanidine groups is 1. The predicted molar refractivity (Wildman–Crippen MR) is 91.3 cm³/mol. The largest absolute Gasteiger partial charge is 0.493 e. The monoisotopic (exact) mass is 321 g/mol. The third kappa shape index (κ3) is 5.98. The number of nitrogens with zero attached hydrogens (tertiary/aromatic N) is 1. The molecule has 128 valence electrons. The zero-order valence-electron chi connectivity index (χ0n) is 14.2. The molecular weight excluding hydrogens is 294 g/mol. The molecule has 2 rings (SSSR count). The minimum Gasteiger partial charge on any atom is -0.493 e. The lowest BCUT2D eigenvalue weighted by atomic mass is 10.2. The van der Waals surface area contributed by atoms with E-state index in [-0.39, 0.29) is 0 Å². The molecular formula is C17H27N3O3. The van der Waals surface area contributed by atoms with Gasteiger partial charge in [0.05, 0.1) is 20.8 Å². The molecule has 0 radical (unpaired) electrons. The van der Waals surface area contributed by atoms with Gasteiger partial charge >= 0.3 is 0 Å². The van der Waals surface area contributed by atoms with Gasteiger partial charge in [-0.1, -0.05) is 6.07 Å². The Labute approximate surface area is 138 Å². The zero-order valence-corrected chi connectivity index (χ0v) is 14.2. The molecule has 1 fully saturated rings. The summed E-state index contributed by atoms with van der Waals surface area (Å²) in [6.07, 6.45) is 2.64. The van der Waals surface area contributed by atoms with Gasteiger partial charge in [0.15, 0.2) is 17.5 Å². The molecule has 1 aromatic carbocycles. The highest BCUT2D eigenvalue weighted by Gasteiger charge is 2.20. The molecule has 0 bridgehead atoms. The molecule has 0 amide bonds. The second-order valence-corrected chi connectivity index (χ2v) is 5.56. The average Bonchev–Trinajstić information content (AvgIpc) is 3.41. The van der Waals surface area contributed by atoms with Crippen LogP contribution in [-0.2, 0) is 11.3 Å². The highest BCUT2D eigenvalue weighted by atomic mass is 16.5. The van der Waals surface area contributed by atoms with Gasteiger partial charge in [-0.15, -0.1) is 0 Å². The van der Waals surface area contributed by atoms with Crippen LogP contribution in [0.3, 0.4) is 0 Å². The second-order valence-electron chi connectivity index (χ2n) is 5.56. The van der Waals surface area contributed by atoms with Gasteiger partial charge < -0.3 is 24.8 Å². The van der Waals surface area contributed by atoms with E-state index in [9.17, 15) is 0 Å². The fourth-order valence-electron chi connectivity index (χ4n) is 2.17. The first-order chi connectivity index (χ1) is 11.3. The number of hydrogen-bond acceptors (Lipinski definition) is 4. The van der Waals surface area contributed by atoms with Gasteiger partial charge in [0, 0.05) is 26.7 Å². The van der Waals surface area contributed by atoms with Crippen molar-refractivity contribution in [3.8, 4) is 11.5 Å². The molecule has 0 unspecified atom stereocenters. The maximum Gasteiger partial charge on any atom is 0.191 e. The number of nitrogens with one attached hydrogen (secondary N) is 2. The number of aliphatic imine (C=N–C) groups is 1. The third-order valence-electron chi connectivity index (χ3n) is 3.72. The van der Waals surface area contributed by atoms with Crippen LogP contribution >= 0.6 is 0 Å². The Hall–Kier alpha value is -1.95. The van der Waals surface area contributed by atoms with Gasteiger partial charge in [-0.3, -0.25) is 4.99 Å². The summed E-state index contributed by atoms with van der Waals surface area (Å²) in [7, 11) is 5.03. The molecule has 0 heterocycles. The molecule has 23 heavy (non-hydrogen) atoms. The lowest BCUT2D eigenvalue weighted by Gasteiger charge is -2.13. The lowest BCUT2D eigenvalue weighted by molar-refractivity contribution is 0.129. The van der Waals surface area contributed by atoms with Crippen LogP contribution in [0.2, 0.25) is 0 Å². The van der Waals surface area contributed by atoms with Crippen molar-refractivity contribution in [3.63, 3.8) is 0 Å². The summed E-state index contributed by atoms with van der Waals surface area (Å²) in [4.78, 5) is 4.21. The summed E-state index contributed by atoms with van der Waals surface area (Å²) >= 11 is 0. The molecule has 1 aliphatic carbocycles. The fourth-order valence-corrected chi connectivity index (χ4v) is 2.17. The van der Waals surface area contributed by atoms with Crippen molar-refractivity contribution >= 4 is 5.96 Å². The molecule has 6 nitrogen and oxygen atoms in total. The summed E-state index contributed by atoms with van der Waals surface area (Å²) in [5.41, 5.74) is 1.09. The van der Waals surface area contributed by atoms with E-state index in [1.165, 1.54) is 12.8 Å². The van der Waals surface area contributed by atoms with Gasteiger partial charge in [-0.2, -0.15) is 0 Å². The Morgan fingerprint density at radius 2 is 1.96 bits per heavy atom. The number of hydrogen-bond donors (Lipinski definition) is 2. The van der Waals surface area contributed by atoms with Crippen LogP contribution in [-0.4, -0.2) is 47.0 Å². The highest BCUT2D eigenvalue weighted by molar-refractivity contribution is 5.79. The van der Waals surface area contributed by atoms with Crippen molar-refractivity contribution in [2.45, 2.75) is 19.4 Å². The zero-order chi connectivity index (χ0) is 16.5. The van der Waals surface area contributed by atoms with Crippen LogP contribution in [0.4, 0.5) is 0 Å². The maximum atomic E-state index is 5.60. The molecule has 2 N–H and O–H groups in total. The van der Waals surface area contributed by atoms with Crippen molar-refractivity contribution in [3.05, 3.63) is 23.8 Å². The first-order valence-electron chi connectivity index (χ1n) is 8.00. The molecule has 6 heteroatoms. The summed E-state index contributed by atoms with van der Waals surface area (Å²) in [5, 5.41) is 6.52. The highest BCUT2D eigenvalue weighted by Crippen LogP contribution is 2.28. The summed E-state index contributed by atoms with van der Waals surface area (Å²) < 4.78 is 16.1. The maximum absolute atomic E-state index is 5.60. The van der Waals surface area contributed by atoms with E-state index >= 15 is 0 Å². The van der Waals surface area contributed by atoms with Gasteiger partial charge in [0.25, 0.3) is 0 Å². The van der Waals surface area contributed by atoms with Crippen molar-refractivity contribution in [2.75, 3.05) is 41.0 Å². The van der Waals surface area contributed by atoms with E-state index in [0.717, 1.165) is 42.1 Å². The minimum atomic E-state index is 0.656. The van der Waals surface area contributed by atoms with E-state index < -0.39 is 0 Å². The van der Waals surface area contributed by atoms with Crippen molar-refractivity contribution in [1.29, 1.82) is 0 Å². The Kier molecular flexibility index (Phi) is 7.00. The number of ether oxygens (including phenoxy) is 3. The fraction of sp³-hybridized carbons (Fsp3) is 0.588. The average molecular weight is 321 g/mol. The first-order valence-corrected chi connectivity index (χ1v) is 8.00. The molecule has 0 saturated heterocycles. The first kappa shape index (κ1) is 17.4. The van der Waals surface area contributed by atoms with Crippen LogP contribution in [0.5, 0.6) is 11.5 Å². The Morgan fingerprint density at radius 1 is 1.17 bits per heavy atom. The van der Waals surface area contributed by atoms with E-state index in [2.05, 4.69) is 15.6 Å². The summed E-state index contributed by atoms with van der Waals surface area (Å²) in [6.45, 7) is 2.99. The van der Waals surface area contributed by atoms with Crippen molar-refractivity contribution in [1.82, 2.24) is 10.6 Å².